The van der Waals surface area contributed by atoms with E-state index in [1.807, 2.05) is 0 Å². The molecule has 0 radical (unpaired) electrons. The number of hydrogen-bond donors (Lipinski definition) is 1. The van der Waals surface area contributed by atoms with Crippen molar-refractivity contribution < 1.29 is 18.0 Å². The van der Waals surface area contributed by atoms with Crippen molar-refractivity contribution in [3.8, 4) is 6.07 Å². The number of nitrogens with one attached hydrogen (secondary N) is 1. The van der Waals surface area contributed by atoms with Crippen LogP contribution < -0.4 is 5.32 Å². The van der Waals surface area contributed by atoms with E-state index in [2.05, 4.69) is 11.4 Å². The predicted molar refractivity (Wildman–Crippen MR) is 85.0 cm³/mol. The van der Waals surface area contributed by atoms with Crippen LogP contribution in [0, 0.1) is 17.2 Å². The summed E-state index contributed by atoms with van der Waals surface area (Å²) in [6.45, 7) is 1.00. The van der Waals surface area contributed by atoms with Gasteiger partial charge in [-0.3, -0.25) is 9.59 Å². The third kappa shape index (κ3) is 2.87. The van der Waals surface area contributed by atoms with Crippen LogP contribution in [-0.2, 0) is 20.6 Å². The molecule has 1 aromatic rings. The molecule has 0 saturated heterocycles. The lowest BCUT2D eigenvalue weighted by Crippen LogP contribution is -2.53. The maximum Gasteiger partial charge on any atom is 0.268 e. The second-order valence-corrected chi connectivity index (χ2v) is 8.26. The summed E-state index contributed by atoms with van der Waals surface area (Å²) in [7, 11) is -3.91. The molecular weight excluding hydrogens is 330 g/mol. The van der Waals surface area contributed by atoms with Gasteiger partial charge < -0.3 is 5.32 Å². The van der Waals surface area contributed by atoms with Gasteiger partial charge in [-0.05, 0) is 37.3 Å². The Morgan fingerprint density at radius 1 is 1.42 bits per heavy atom. The van der Waals surface area contributed by atoms with Crippen molar-refractivity contribution in [2.75, 3.05) is 6.54 Å². The Morgan fingerprint density at radius 2 is 2.08 bits per heavy atom. The SMILES string of the molecule is CC(C#N)(NC(=O)CN1C(=O)c2ccccc2CS1(=O)=O)C1CC1. The minimum absolute atomic E-state index is 0.0702. The largest absolute Gasteiger partial charge is 0.336 e. The molecule has 7 nitrogen and oxygen atoms in total. The summed E-state index contributed by atoms with van der Waals surface area (Å²) in [4.78, 5) is 24.7. The molecule has 1 unspecified atom stereocenters. The van der Waals surface area contributed by atoms with Crippen LogP contribution in [0.3, 0.4) is 0 Å². The highest BCUT2D eigenvalue weighted by molar-refractivity contribution is 7.89. The van der Waals surface area contributed by atoms with E-state index in [9.17, 15) is 23.3 Å². The number of nitriles is 1. The zero-order valence-electron chi connectivity index (χ0n) is 13.2. The van der Waals surface area contributed by atoms with Gasteiger partial charge in [-0.2, -0.15) is 5.26 Å². The Bertz CT molecular complexity index is 854. The standard InChI is InChI=1S/C16H17N3O4S/c1-16(10-17,12-6-7-12)18-14(20)8-19-15(21)13-5-3-2-4-11(13)9-24(19,22)23/h2-5,12H,6-9H2,1H3,(H,18,20). The van der Waals surface area contributed by atoms with Crippen LogP contribution in [0.1, 0.15) is 35.7 Å². The van der Waals surface area contributed by atoms with Crippen molar-refractivity contribution in [3.05, 3.63) is 35.4 Å². The first kappa shape index (κ1) is 16.5. The van der Waals surface area contributed by atoms with Gasteiger partial charge in [0.15, 0.2) is 0 Å². The molecule has 0 aromatic heterocycles. The van der Waals surface area contributed by atoms with Gasteiger partial charge in [0.2, 0.25) is 15.9 Å². The summed E-state index contributed by atoms with van der Waals surface area (Å²) in [6, 6.07) is 8.51. The highest BCUT2D eigenvalue weighted by atomic mass is 32.2. The highest BCUT2D eigenvalue weighted by Crippen LogP contribution is 2.39. The van der Waals surface area contributed by atoms with E-state index in [1.54, 1.807) is 31.2 Å². The molecule has 0 spiro atoms. The summed E-state index contributed by atoms with van der Waals surface area (Å²) >= 11 is 0. The number of sulfonamides is 1. The monoisotopic (exact) mass is 347 g/mol. The number of fused-ring (bicyclic) bond motifs is 1. The van der Waals surface area contributed by atoms with Crippen molar-refractivity contribution in [1.82, 2.24) is 9.62 Å². The Morgan fingerprint density at radius 3 is 2.71 bits per heavy atom. The van der Waals surface area contributed by atoms with E-state index in [1.165, 1.54) is 0 Å². The number of carbonyl (C=O) groups is 2. The van der Waals surface area contributed by atoms with Crippen LogP contribution >= 0.6 is 0 Å². The lowest BCUT2D eigenvalue weighted by atomic mass is 9.98. The molecule has 1 aliphatic carbocycles. The Balaban J connectivity index is 1.80. The fourth-order valence-electron chi connectivity index (χ4n) is 2.90. The van der Waals surface area contributed by atoms with Gasteiger partial charge in [-0.1, -0.05) is 18.2 Å². The zero-order chi connectivity index (χ0) is 17.5. The van der Waals surface area contributed by atoms with Crippen LogP contribution in [-0.4, -0.2) is 36.6 Å². The Kier molecular flexibility index (Phi) is 3.84. The van der Waals surface area contributed by atoms with E-state index in [-0.39, 0.29) is 17.2 Å². The molecule has 1 atom stereocenters. The number of rotatable bonds is 4. The van der Waals surface area contributed by atoms with E-state index < -0.39 is 33.9 Å². The van der Waals surface area contributed by atoms with Crippen LogP contribution in [0.4, 0.5) is 0 Å². The minimum atomic E-state index is -3.91. The van der Waals surface area contributed by atoms with Crippen molar-refractivity contribution in [2.45, 2.75) is 31.1 Å². The molecule has 1 heterocycles. The minimum Gasteiger partial charge on any atom is -0.336 e. The smallest absolute Gasteiger partial charge is 0.268 e. The highest BCUT2D eigenvalue weighted by Gasteiger charge is 2.44. The van der Waals surface area contributed by atoms with E-state index >= 15 is 0 Å². The van der Waals surface area contributed by atoms with Crippen molar-refractivity contribution in [3.63, 3.8) is 0 Å². The summed E-state index contributed by atoms with van der Waals surface area (Å²) < 4.78 is 25.3. The van der Waals surface area contributed by atoms with Crippen LogP contribution in [0.15, 0.2) is 24.3 Å². The first-order valence-electron chi connectivity index (χ1n) is 7.62. The Hall–Kier alpha value is -2.40. The van der Waals surface area contributed by atoms with E-state index in [0.717, 1.165) is 12.8 Å². The number of benzene rings is 1. The van der Waals surface area contributed by atoms with Gasteiger partial charge in [-0.25, -0.2) is 12.7 Å². The van der Waals surface area contributed by atoms with Crippen LogP contribution in [0.2, 0.25) is 0 Å². The van der Waals surface area contributed by atoms with E-state index in [4.69, 9.17) is 0 Å². The number of hydrogen-bond acceptors (Lipinski definition) is 5. The second kappa shape index (κ2) is 5.60. The predicted octanol–water partition coefficient (Wildman–Crippen LogP) is 0.781. The van der Waals surface area contributed by atoms with Gasteiger partial charge in [0.25, 0.3) is 5.91 Å². The van der Waals surface area contributed by atoms with Gasteiger partial charge in [-0.15, -0.1) is 0 Å². The topological polar surface area (TPSA) is 107 Å². The summed E-state index contributed by atoms with van der Waals surface area (Å²) in [5.74, 6) is -1.61. The average Bonchev–Trinajstić information content (AvgIpc) is 3.36. The van der Waals surface area contributed by atoms with E-state index in [0.29, 0.717) is 9.87 Å². The quantitative estimate of drug-likeness (QED) is 0.866. The molecule has 126 valence electrons. The average molecular weight is 347 g/mol. The summed E-state index contributed by atoms with van der Waals surface area (Å²) in [5.41, 5.74) is -0.318. The molecule has 24 heavy (non-hydrogen) atoms. The molecule has 2 aliphatic rings. The fraction of sp³-hybridized carbons (Fsp3) is 0.438. The van der Waals surface area contributed by atoms with Crippen LogP contribution in [0.25, 0.3) is 0 Å². The third-order valence-electron chi connectivity index (χ3n) is 4.46. The lowest BCUT2D eigenvalue weighted by molar-refractivity contribution is -0.122. The maximum atomic E-state index is 12.5. The van der Waals surface area contributed by atoms with Gasteiger partial charge >= 0.3 is 0 Å². The van der Waals surface area contributed by atoms with Crippen molar-refractivity contribution >= 4 is 21.8 Å². The molecule has 3 rings (SSSR count). The summed E-state index contributed by atoms with van der Waals surface area (Å²) in [5, 5.41) is 11.8. The molecule has 0 bridgehead atoms. The summed E-state index contributed by atoms with van der Waals surface area (Å²) in [6.07, 6.45) is 1.69. The molecule has 1 fully saturated rings. The normalized spacial score (nSPS) is 21.3. The lowest BCUT2D eigenvalue weighted by Gasteiger charge is -2.29. The number of amides is 2. The molecule has 1 aliphatic heterocycles. The van der Waals surface area contributed by atoms with Crippen LogP contribution in [0.5, 0.6) is 0 Å². The molecule has 8 heteroatoms. The first-order valence-corrected chi connectivity index (χ1v) is 9.23. The molecular formula is C16H17N3O4S. The molecule has 2 amide bonds. The van der Waals surface area contributed by atoms with Crippen molar-refractivity contribution in [2.24, 2.45) is 5.92 Å². The van der Waals surface area contributed by atoms with Gasteiger partial charge in [0.1, 0.15) is 12.1 Å². The molecule has 1 aromatic carbocycles. The maximum absolute atomic E-state index is 12.5. The number of carbonyl (C=O) groups excluding carboxylic acids is 2. The fourth-order valence-corrected chi connectivity index (χ4v) is 4.37. The zero-order valence-corrected chi connectivity index (χ0v) is 14.0. The third-order valence-corrected chi connectivity index (χ3v) is 6.10. The molecule has 1 N–H and O–H groups in total. The Labute approximate surface area is 140 Å². The molecule has 1 saturated carbocycles. The van der Waals surface area contributed by atoms with Gasteiger partial charge in [0, 0.05) is 5.56 Å². The number of nitrogens with zero attached hydrogens (tertiary/aromatic N) is 2. The first-order chi connectivity index (χ1) is 11.3. The van der Waals surface area contributed by atoms with Gasteiger partial charge in [0.05, 0.1) is 11.8 Å². The van der Waals surface area contributed by atoms with Crippen molar-refractivity contribution in [1.29, 1.82) is 5.26 Å². The second-order valence-electron chi connectivity index (χ2n) is 6.36.